The molecule has 31 heavy (non-hydrogen) atoms. The zero-order chi connectivity index (χ0) is 22.0. The molecule has 0 saturated carbocycles. The number of fused-ring (bicyclic) bond motifs is 1. The average Bonchev–Trinajstić information content (AvgIpc) is 2.75. The first-order valence-electron chi connectivity index (χ1n) is 9.79. The van der Waals surface area contributed by atoms with E-state index in [9.17, 15) is 17.4 Å². The number of benzene rings is 2. The van der Waals surface area contributed by atoms with E-state index in [4.69, 9.17) is 8.60 Å². The molecule has 1 fully saturated rings. The maximum absolute atomic E-state index is 12.9. The number of rotatable bonds is 6. The molecule has 1 aliphatic rings. The molecule has 1 aromatic heterocycles. The molecule has 164 valence electrons. The highest BCUT2D eigenvalue weighted by Gasteiger charge is 2.23. The summed E-state index contributed by atoms with van der Waals surface area (Å²) in [6.45, 7) is 1.04. The van der Waals surface area contributed by atoms with Crippen LogP contribution in [0.15, 0.2) is 57.9 Å². The van der Waals surface area contributed by atoms with Gasteiger partial charge in [-0.05, 0) is 42.7 Å². The Morgan fingerprint density at radius 1 is 1.06 bits per heavy atom. The molecule has 1 aliphatic heterocycles. The van der Waals surface area contributed by atoms with Crippen molar-refractivity contribution in [3.63, 3.8) is 0 Å². The van der Waals surface area contributed by atoms with Crippen LogP contribution in [-0.2, 0) is 21.3 Å². The molecular weight excluding hydrogens is 440 g/mol. The van der Waals surface area contributed by atoms with E-state index < -0.39 is 21.3 Å². The Balaban J connectivity index is 1.58. The molecule has 3 aromatic rings. The third-order valence-electron chi connectivity index (χ3n) is 5.06. The van der Waals surface area contributed by atoms with Crippen LogP contribution in [0.25, 0.3) is 22.1 Å². The van der Waals surface area contributed by atoms with Gasteiger partial charge in [0.25, 0.3) is 0 Å². The summed E-state index contributed by atoms with van der Waals surface area (Å²) in [5.41, 5.74) is 1.47. The number of nitrogens with zero attached hydrogens (tertiary/aromatic N) is 1. The van der Waals surface area contributed by atoms with Gasteiger partial charge >= 0.3 is 10.2 Å². The lowest BCUT2D eigenvalue weighted by Crippen LogP contribution is -2.39. The van der Waals surface area contributed by atoms with E-state index in [1.54, 1.807) is 36.4 Å². The van der Waals surface area contributed by atoms with Gasteiger partial charge in [-0.2, -0.15) is 12.7 Å². The quantitative estimate of drug-likeness (QED) is 0.603. The first-order chi connectivity index (χ1) is 14.8. The van der Waals surface area contributed by atoms with Crippen molar-refractivity contribution in [1.82, 2.24) is 4.31 Å². The molecule has 0 radical (unpaired) electrons. The third-order valence-corrected chi connectivity index (χ3v) is 7.02. The summed E-state index contributed by atoms with van der Waals surface area (Å²) < 4.78 is 51.0. The van der Waals surface area contributed by atoms with Crippen molar-refractivity contribution in [3.8, 4) is 16.9 Å². The minimum atomic E-state index is -3.59. The molecule has 0 amide bonds. The van der Waals surface area contributed by atoms with E-state index >= 15 is 0 Å². The van der Waals surface area contributed by atoms with Crippen LogP contribution in [0.2, 0.25) is 0 Å². The van der Waals surface area contributed by atoms with E-state index in [1.807, 2.05) is 0 Å². The van der Waals surface area contributed by atoms with Crippen LogP contribution >= 0.6 is 0 Å². The van der Waals surface area contributed by atoms with Crippen LogP contribution < -0.4 is 14.3 Å². The Bertz CT molecular complexity index is 1280. The van der Waals surface area contributed by atoms with Gasteiger partial charge in [-0.15, -0.1) is 0 Å². The summed E-state index contributed by atoms with van der Waals surface area (Å²) in [5, 5.41) is 0.363. The third kappa shape index (κ3) is 4.81. The maximum Gasteiger partial charge on any atom is 0.301 e. The predicted molar refractivity (Wildman–Crippen MR) is 121 cm³/mol. The lowest BCUT2D eigenvalue weighted by molar-refractivity contribution is 0.349. The van der Waals surface area contributed by atoms with E-state index in [1.165, 1.54) is 22.9 Å². The molecule has 1 N–H and O–H groups in total. The van der Waals surface area contributed by atoms with E-state index in [-0.39, 0.29) is 5.43 Å². The fourth-order valence-corrected chi connectivity index (χ4v) is 5.21. The van der Waals surface area contributed by atoms with Crippen LogP contribution in [0, 0.1) is 0 Å². The zero-order valence-corrected chi connectivity index (χ0v) is 18.5. The molecule has 4 rings (SSSR count). The van der Waals surface area contributed by atoms with Gasteiger partial charge in [-0.1, -0.05) is 18.6 Å². The number of anilines is 1. The topological polar surface area (TPSA) is 106 Å². The Hall–Kier alpha value is -2.69. The lowest BCUT2D eigenvalue weighted by Gasteiger charge is -2.26. The van der Waals surface area contributed by atoms with Gasteiger partial charge in [0, 0.05) is 31.1 Å². The smallest absolute Gasteiger partial charge is 0.301 e. The monoisotopic (exact) mass is 462 g/mol. The minimum Gasteiger partial charge on any atom is -0.463 e. The van der Waals surface area contributed by atoms with Crippen LogP contribution in [0.4, 0.5) is 5.69 Å². The predicted octanol–water partition coefficient (Wildman–Crippen LogP) is 3.27. The second-order valence-corrected chi connectivity index (χ2v) is 9.91. The number of hydrogen-bond acceptors (Lipinski definition) is 6. The highest BCUT2D eigenvalue weighted by molar-refractivity contribution is 7.90. The molecule has 2 heterocycles. The lowest BCUT2D eigenvalue weighted by atomic mass is 10.1. The summed E-state index contributed by atoms with van der Waals surface area (Å²) in [7, 11) is -3.59. The molecule has 0 spiro atoms. The van der Waals surface area contributed by atoms with Gasteiger partial charge in [0.05, 0.1) is 10.9 Å². The van der Waals surface area contributed by atoms with Crippen molar-refractivity contribution in [2.24, 2.45) is 0 Å². The Kier molecular flexibility index (Phi) is 6.12. The van der Waals surface area contributed by atoms with E-state index in [2.05, 4.69) is 4.72 Å². The number of piperidine rings is 1. The normalized spacial score (nSPS) is 16.2. The Morgan fingerprint density at radius 2 is 1.77 bits per heavy atom. The van der Waals surface area contributed by atoms with Crippen molar-refractivity contribution in [1.29, 1.82) is 0 Å². The van der Waals surface area contributed by atoms with Crippen molar-refractivity contribution in [2.45, 2.75) is 19.3 Å². The highest BCUT2D eigenvalue weighted by atomic mass is 32.2. The number of hydrogen-bond donors (Lipinski definition) is 1. The molecule has 1 atom stereocenters. The molecule has 0 bridgehead atoms. The largest absolute Gasteiger partial charge is 0.463 e. The van der Waals surface area contributed by atoms with E-state index in [0.29, 0.717) is 46.6 Å². The maximum atomic E-state index is 12.9. The standard InChI is InChI=1S/C21H22N2O6S2/c1-30(25)29-17-9-10-18-20(13-17)28-14-19(21(18)24)15-5-7-16(8-6-15)22-31(26,27)23-11-3-2-4-12-23/h5-10,13-14,22H,2-4,11-12H2,1H3. The minimum absolute atomic E-state index is 0.230. The van der Waals surface area contributed by atoms with Crippen LogP contribution in [0.5, 0.6) is 5.75 Å². The van der Waals surface area contributed by atoms with Crippen LogP contribution in [0.1, 0.15) is 19.3 Å². The van der Waals surface area contributed by atoms with Crippen molar-refractivity contribution < 1.29 is 21.2 Å². The highest BCUT2D eigenvalue weighted by Crippen LogP contribution is 2.25. The summed E-state index contributed by atoms with van der Waals surface area (Å²) in [4.78, 5) is 12.9. The van der Waals surface area contributed by atoms with Crippen molar-refractivity contribution >= 4 is 37.9 Å². The molecule has 10 heteroatoms. The van der Waals surface area contributed by atoms with Gasteiger partial charge in [-0.3, -0.25) is 9.52 Å². The van der Waals surface area contributed by atoms with E-state index in [0.717, 1.165) is 19.3 Å². The molecule has 8 nitrogen and oxygen atoms in total. The summed E-state index contributed by atoms with van der Waals surface area (Å²) >= 11 is -1.48. The summed E-state index contributed by atoms with van der Waals surface area (Å²) in [6.07, 6.45) is 5.52. The van der Waals surface area contributed by atoms with Gasteiger partial charge in [-0.25, -0.2) is 4.21 Å². The van der Waals surface area contributed by atoms with Gasteiger partial charge in [0.15, 0.2) is 5.43 Å². The zero-order valence-electron chi connectivity index (χ0n) is 16.9. The molecule has 0 aliphatic carbocycles. The second kappa shape index (κ2) is 8.81. The summed E-state index contributed by atoms with van der Waals surface area (Å²) in [6, 6.07) is 11.2. The van der Waals surface area contributed by atoms with Crippen LogP contribution in [0.3, 0.4) is 0 Å². The first-order valence-corrected chi connectivity index (χ1v) is 12.7. The van der Waals surface area contributed by atoms with Gasteiger partial charge in [0.1, 0.15) is 17.6 Å². The SMILES string of the molecule is CS(=O)Oc1ccc2c(=O)c(-c3ccc(NS(=O)(=O)N4CCCCC4)cc3)coc2c1. The Morgan fingerprint density at radius 3 is 2.45 bits per heavy atom. The average molecular weight is 463 g/mol. The molecular formula is C21H22N2O6S2. The first kappa shape index (κ1) is 21.5. The molecule has 1 saturated heterocycles. The second-order valence-electron chi connectivity index (χ2n) is 7.27. The van der Waals surface area contributed by atoms with Crippen LogP contribution in [-0.4, -0.2) is 36.3 Å². The van der Waals surface area contributed by atoms with Crippen molar-refractivity contribution in [2.75, 3.05) is 24.1 Å². The molecule has 1 unspecified atom stereocenters. The Labute approximate surface area is 182 Å². The fraction of sp³-hybridized carbons (Fsp3) is 0.286. The van der Waals surface area contributed by atoms with Gasteiger partial charge < -0.3 is 8.60 Å². The number of nitrogens with one attached hydrogen (secondary N) is 1. The summed E-state index contributed by atoms with van der Waals surface area (Å²) in [5.74, 6) is 0.342. The molecule has 2 aromatic carbocycles. The van der Waals surface area contributed by atoms with Gasteiger partial charge in [0.2, 0.25) is 11.1 Å². The fourth-order valence-electron chi connectivity index (χ4n) is 3.53. The van der Waals surface area contributed by atoms with Crippen molar-refractivity contribution in [3.05, 3.63) is 59.0 Å².